The van der Waals surface area contributed by atoms with Crippen LogP contribution in [0.1, 0.15) is 44.0 Å². The van der Waals surface area contributed by atoms with Gasteiger partial charge in [-0.1, -0.05) is 44.5 Å². The van der Waals surface area contributed by atoms with Gasteiger partial charge in [-0.2, -0.15) is 0 Å². The van der Waals surface area contributed by atoms with E-state index in [-0.39, 0.29) is 11.9 Å². The Morgan fingerprint density at radius 3 is 2.43 bits per heavy atom. The van der Waals surface area contributed by atoms with Gasteiger partial charge in [-0.15, -0.1) is 0 Å². The Morgan fingerprint density at radius 1 is 1.19 bits per heavy atom. The zero-order valence-corrected chi connectivity index (χ0v) is 13.0. The summed E-state index contributed by atoms with van der Waals surface area (Å²) in [5, 5.41) is 5.14. The summed E-state index contributed by atoms with van der Waals surface area (Å²) in [6.45, 7) is 6.41. The molecule has 0 bridgehead atoms. The second kappa shape index (κ2) is 6.61. The van der Waals surface area contributed by atoms with Gasteiger partial charge in [-0.3, -0.25) is 4.79 Å². The molecule has 0 heterocycles. The number of rotatable bonds is 5. The minimum atomic E-state index is -0.0888. The highest BCUT2D eigenvalue weighted by molar-refractivity contribution is 6.04. The average molecular weight is 284 g/mol. The van der Waals surface area contributed by atoms with Gasteiger partial charge in [0.2, 0.25) is 0 Å². The van der Waals surface area contributed by atoms with E-state index in [1.807, 2.05) is 43.3 Å². The molecule has 0 radical (unpaired) electrons. The molecule has 2 unspecified atom stereocenters. The lowest BCUT2D eigenvalue weighted by Gasteiger charge is -2.18. The molecule has 0 aromatic heterocycles. The van der Waals surface area contributed by atoms with E-state index in [1.165, 1.54) is 0 Å². The normalized spacial score (nSPS) is 13.9. The summed E-state index contributed by atoms with van der Waals surface area (Å²) < 4.78 is 0. The lowest BCUT2D eigenvalue weighted by atomic mass is 9.99. The predicted octanol–water partition coefficient (Wildman–Crippen LogP) is 3.98. The van der Waals surface area contributed by atoms with Crippen LogP contribution in [0, 0.1) is 5.92 Å². The van der Waals surface area contributed by atoms with Crippen LogP contribution in [0.15, 0.2) is 36.4 Å². The van der Waals surface area contributed by atoms with Crippen LogP contribution >= 0.6 is 0 Å². The summed E-state index contributed by atoms with van der Waals surface area (Å²) in [5.41, 5.74) is 7.12. The van der Waals surface area contributed by atoms with E-state index in [4.69, 9.17) is 5.73 Å². The molecular formula is C18H24N2O. The number of hydrogen-bond donors (Lipinski definition) is 2. The van der Waals surface area contributed by atoms with Crippen molar-refractivity contribution in [1.29, 1.82) is 0 Å². The topological polar surface area (TPSA) is 55.1 Å². The first-order chi connectivity index (χ1) is 10.0. The molecule has 0 aliphatic heterocycles. The third kappa shape index (κ3) is 3.75. The Morgan fingerprint density at radius 2 is 1.81 bits per heavy atom. The zero-order valence-electron chi connectivity index (χ0n) is 13.0. The van der Waals surface area contributed by atoms with E-state index in [0.717, 1.165) is 23.6 Å². The Hall–Kier alpha value is -2.03. The molecule has 0 fully saturated rings. The van der Waals surface area contributed by atoms with Crippen molar-refractivity contribution in [2.24, 2.45) is 5.92 Å². The predicted molar refractivity (Wildman–Crippen MR) is 89.4 cm³/mol. The first-order valence-corrected chi connectivity index (χ1v) is 7.60. The molecule has 2 atom stereocenters. The van der Waals surface area contributed by atoms with Crippen molar-refractivity contribution in [3.05, 3.63) is 42.0 Å². The molecule has 1 amide bonds. The maximum Gasteiger partial charge on any atom is 0.253 e. The summed E-state index contributed by atoms with van der Waals surface area (Å²) in [4.78, 5) is 12.4. The minimum absolute atomic E-state index is 0.0888. The number of anilines is 1. The maximum absolute atomic E-state index is 12.4. The highest BCUT2D eigenvalue weighted by Gasteiger charge is 2.15. The molecule has 0 saturated heterocycles. The highest BCUT2D eigenvalue weighted by Crippen LogP contribution is 2.22. The van der Waals surface area contributed by atoms with Crippen LogP contribution in [0.4, 0.5) is 5.69 Å². The van der Waals surface area contributed by atoms with Crippen LogP contribution in [-0.4, -0.2) is 11.9 Å². The molecular weight excluding hydrogens is 260 g/mol. The number of nitrogens with two attached hydrogens (primary N) is 1. The fourth-order valence-electron chi connectivity index (χ4n) is 2.59. The maximum atomic E-state index is 12.4. The van der Waals surface area contributed by atoms with Crippen molar-refractivity contribution in [3.63, 3.8) is 0 Å². The van der Waals surface area contributed by atoms with Gasteiger partial charge < -0.3 is 11.1 Å². The van der Waals surface area contributed by atoms with Gasteiger partial charge in [-0.25, -0.2) is 0 Å². The van der Waals surface area contributed by atoms with Gasteiger partial charge in [0.1, 0.15) is 0 Å². The van der Waals surface area contributed by atoms with Crippen LogP contribution in [0.25, 0.3) is 10.8 Å². The van der Waals surface area contributed by atoms with Crippen molar-refractivity contribution in [1.82, 2.24) is 5.32 Å². The van der Waals surface area contributed by atoms with Crippen molar-refractivity contribution in [3.8, 4) is 0 Å². The first-order valence-electron chi connectivity index (χ1n) is 7.60. The van der Waals surface area contributed by atoms with Gasteiger partial charge in [0.05, 0.1) is 5.56 Å². The number of fused-ring (bicyclic) bond motifs is 1. The van der Waals surface area contributed by atoms with Crippen LogP contribution < -0.4 is 11.1 Å². The molecule has 21 heavy (non-hydrogen) atoms. The molecule has 2 aromatic rings. The van der Waals surface area contributed by atoms with Gasteiger partial charge in [-0.05, 0) is 42.2 Å². The third-order valence-corrected chi connectivity index (χ3v) is 3.99. The highest BCUT2D eigenvalue weighted by atomic mass is 16.1. The van der Waals surface area contributed by atoms with Crippen molar-refractivity contribution in [2.75, 3.05) is 5.73 Å². The lowest BCUT2D eigenvalue weighted by Crippen LogP contribution is -2.34. The Balaban J connectivity index is 2.17. The number of nitrogens with one attached hydrogen (secondary N) is 1. The third-order valence-electron chi connectivity index (χ3n) is 3.99. The number of benzene rings is 2. The van der Waals surface area contributed by atoms with Gasteiger partial charge in [0.15, 0.2) is 0 Å². The summed E-state index contributed by atoms with van der Waals surface area (Å²) in [5.74, 6) is 0.517. The van der Waals surface area contributed by atoms with E-state index in [1.54, 1.807) is 0 Å². The van der Waals surface area contributed by atoms with Crippen LogP contribution in [0.3, 0.4) is 0 Å². The molecule has 3 nitrogen and oxygen atoms in total. The molecule has 0 aliphatic carbocycles. The standard InChI is InChI=1S/C18H24N2O/c1-4-12(2)9-13(3)20-18(21)16-10-14-7-5-6-8-15(14)11-17(16)19/h5-8,10-13H,4,9,19H2,1-3H3,(H,20,21). The van der Waals surface area contributed by atoms with Crippen LogP contribution in [0.2, 0.25) is 0 Å². The smallest absolute Gasteiger partial charge is 0.253 e. The SMILES string of the molecule is CCC(C)CC(C)NC(=O)c1cc2ccccc2cc1N. The monoisotopic (exact) mass is 284 g/mol. The molecule has 2 rings (SSSR count). The van der Waals surface area contributed by atoms with Gasteiger partial charge in [0.25, 0.3) is 5.91 Å². The van der Waals surface area contributed by atoms with Gasteiger partial charge in [0, 0.05) is 11.7 Å². The minimum Gasteiger partial charge on any atom is -0.398 e. The molecule has 3 heteroatoms. The molecule has 0 saturated carbocycles. The molecule has 0 spiro atoms. The van der Waals surface area contributed by atoms with E-state index in [9.17, 15) is 4.79 Å². The molecule has 2 aromatic carbocycles. The fourth-order valence-corrected chi connectivity index (χ4v) is 2.59. The van der Waals surface area contributed by atoms with E-state index in [0.29, 0.717) is 17.2 Å². The number of carbonyl (C=O) groups is 1. The number of carbonyl (C=O) groups excluding carboxylic acids is 1. The van der Waals surface area contributed by atoms with Crippen molar-refractivity contribution in [2.45, 2.75) is 39.7 Å². The fraction of sp³-hybridized carbons (Fsp3) is 0.389. The quantitative estimate of drug-likeness (QED) is 0.816. The summed E-state index contributed by atoms with van der Waals surface area (Å²) >= 11 is 0. The largest absolute Gasteiger partial charge is 0.398 e. The number of hydrogen-bond acceptors (Lipinski definition) is 2. The Kier molecular flexibility index (Phi) is 4.84. The Labute approximate surface area is 126 Å². The summed E-state index contributed by atoms with van der Waals surface area (Å²) in [7, 11) is 0. The lowest BCUT2D eigenvalue weighted by molar-refractivity contribution is 0.0936. The number of nitrogen functional groups attached to an aromatic ring is 1. The van der Waals surface area contributed by atoms with Crippen molar-refractivity contribution >= 4 is 22.4 Å². The molecule has 3 N–H and O–H groups in total. The second-order valence-electron chi connectivity index (χ2n) is 5.91. The van der Waals surface area contributed by atoms with E-state index < -0.39 is 0 Å². The van der Waals surface area contributed by atoms with E-state index in [2.05, 4.69) is 19.2 Å². The molecule has 112 valence electrons. The van der Waals surface area contributed by atoms with E-state index >= 15 is 0 Å². The second-order valence-corrected chi connectivity index (χ2v) is 5.91. The number of amides is 1. The summed E-state index contributed by atoms with van der Waals surface area (Å²) in [6, 6.07) is 11.8. The molecule has 0 aliphatic rings. The first kappa shape index (κ1) is 15.4. The Bertz CT molecular complexity index is 636. The summed E-state index contributed by atoms with van der Waals surface area (Å²) in [6.07, 6.45) is 2.11. The van der Waals surface area contributed by atoms with Crippen LogP contribution in [0.5, 0.6) is 0 Å². The van der Waals surface area contributed by atoms with Gasteiger partial charge >= 0.3 is 0 Å². The van der Waals surface area contributed by atoms with Crippen LogP contribution in [-0.2, 0) is 0 Å². The zero-order chi connectivity index (χ0) is 15.4. The average Bonchev–Trinajstić information content (AvgIpc) is 2.46. The van der Waals surface area contributed by atoms with Crippen molar-refractivity contribution < 1.29 is 4.79 Å².